The molecule has 1 aliphatic rings. The van der Waals surface area contributed by atoms with Crippen LogP contribution in [0.15, 0.2) is 66.9 Å². The highest BCUT2D eigenvalue weighted by molar-refractivity contribution is 6.29. The molecule has 0 saturated heterocycles. The minimum Gasteiger partial charge on any atom is -0.307 e. The Balaban J connectivity index is 1.55. The molecule has 0 aliphatic heterocycles. The van der Waals surface area contributed by atoms with Gasteiger partial charge in [0.05, 0.1) is 22.1 Å². The molecule has 39 heavy (non-hydrogen) atoms. The third-order valence-electron chi connectivity index (χ3n) is 9.39. The minimum absolute atomic E-state index is 0.258. The summed E-state index contributed by atoms with van der Waals surface area (Å²) in [5, 5.41) is 9.25. The van der Waals surface area contributed by atoms with Gasteiger partial charge in [0, 0.05) is 27.7 Å². The van der Waals surface area contributed by atoms with E-state index >= 15 is 0 Å². The number of para-hydroxylation sites is 1. The SMILES string of the molecule is Cc1c2ccc(CC(C)(C)C)cc2cc2c3nccc4ccc5c6cccc(CC7CCCC7)c6n(c12)c5c43. The van der Waals surface area contributed by atoms with Crippen LogP contribution in [0.4, 0.5) is 0 Å². The summed E-state index contributed by atoms with van der Waals surface area (Å²) in [6, 6.07) is 23.4. The average molecular weight is 509 g/mol. The molecule has 4 aromatic carbocycles. The molecule has 1 saturated carbocycles. The van der Waals surface area contributed by atoms with Crippen LogP contribution in [0, 0.1) is 18.3 Å². The molecule has 2 nitrogen and oxygen atoms in total. The Morgan fingerprint density at radius 2 is 1.59 bits per heavy atom. The van der Waals surface area contributed by atoms with Crippen molar-refractivity contribution in [3.63, 3.8) is 0 Å². The number of benzene rings is 4. The molecule has 194 valence electrons. The van der Waals surface area contributed by atoms with E-state index in [1.54, 1.807) is 0 Å². The van der Waals surface area contributed by atoms with Gasteiger partial charge < -0.3 is 4.40 Å². The monoisotopic (exact) mass is 508 g/mol. The standard InChI is InChI=1S/C37H36N2/c1-22-28-14-12-24(21-37(2,3)4)19-27(28)20-31-33-32-25(16-17-38-33)13-15-30-29-11-7-10-26(18-23-8-5-6-9-23)35(29)39(34(22)31)36(30)32/h7,10-17,19-20,23H,5-6,8-9,18,21H2,1-4H3. The van der Waals surface area contributed by atoms with E-state index in [2.05, 4.69) is 92.8 Å². The van der Waals surface area contributed by atoms with Gasteiger partial charge in [-0.15, -0.1) is 0 Å². The molecule has 0 amide bonds. The van der Waals surface area contributed by atoms with Crippen LogP contribution in [-0.2, 0) is 12.8 Å². The van der Waals surface area contributed by atoms with Crippen LogP contribution >= 0.6 is 0 Å². The zero-order chi connectivity index (χ0) is 26.5. The molecule has 7 aromatic rings. The summed E-state index contributed by atoms with van der Waals surface area (Å²) in [5.74, 6) is 0.803. The van der Waals surface area contributed by atoms with Gasteiger partial charge in [-0.05, 0) is 76.1 Å². The zero-order valence-electron chi connectivity index (χ0n) is 23.6. The van der Waals surface area contributed by atoms with Crippen molar-refractivity contribution in [2.24, 2.45) is 11.3 Å². The number of hydrogen-bond donors (Lipinski definition) is 0. The Hall–Kier alpha value is -3.65. The van der Waals surface area contributed by atoms with Crippen molar-refractivity contribution in [2.75, 3.05) is 0 Å². The Bertz CT molecular complexity index is 2060. The Morgan fingerprint density at radius 3 is 2.41 bits per heavy atom. The third-order valence-corrected chi connectivity index (χ3v) is 9.39. The highest BCUT2D eigenvalue weighted by atomic mass is 14.9. The van der Waals surface area contributed by atoms with Crippen molar-refractivity contribution in [2.45, 2.75) is 66.2 Å². The topological polar surface area (TPSA) is 17.3 Å². The maximum Gasteiger partial charge on any atom is 0.0823 e. The van der Waals surface area contributed by atoms with Crippen molar-refractivity contribution in [3.05, 3.63) is 83.6 Å². The van der Waals surface area contributed by atoms with Crippen LogP contribution in [0.5, 0.6) is 0 Å². The lowest BCUT2D eigenvalue weighted by molar-refractivity contribution is 0.411. The largest absolute Gasteiger partial charge is 0.307 e. The van der Waals surface area contributed by atoms with Gasteiger partial charge in [-0.3, -0.25) is 4.98 Å². The number of hydrogen-bond acceptors (Lipinski definition) is 1. The Labute approximate surface area is 230 Å². The van der Waals surface area contributed by atoms with Gasteiger partial charge >= 0.3 is 0 Å². The summed E-state index contributed by atoms with van der Waals surface area (Å²) in [7, 11) is 0. The van der Waals surface area contributed by atoms with Crippen molar-refractivity contribution >= 4 is 59.8 Å². The Kier molecular flexibility index (Phi) is 4.88. The molecule has 0 unspecified atom stereocenters. The number of rotatable bonds is 3. The fourth-order valence-electron chi connectivity index (χ4n) is 7.82. The molecule has 0 spiro atoms. The van der Waals surface area contributed by atoms with E-state index in [1.165, 1.54) is 103 Å². The molecule has 8 rings (SSSR count). The molecule has 0 radical (unpaired) electrons. The van der Waals surface area contributed by atoms with Gasteiger partial charge in [0.1, 0.15) is 0 Å². The first-order valence-corrected chi connectivity index (χ1v) is 14.8. The predicted octanol–water partition coefficient (Wildman–Crippen LogP) is 10.2. The van der Waals surface area contributed by atoms with Crippen LogP contribution in [0.2, 0.25) is 0 Å². The van der Waals surface area contributed by atoms with Crippen molar-refractivity contribution in [1.82, 2.24) is 9.38 Å². The van der Waals surface area contributed by atoms with Crippen molar-refractivity contribution in [1.29, 1.82) is 0 Å². The van der Waals surface area contributed by atoms with Crippen LogP contribution in [0.25, 0.3) is 59.8 Å². The lowest BCUT2D eigenvalue weighted by Gasteiger charge is -2.20. The van der Waals surface area contributed by atoms with Crippen LogP contribution < -0.4 is 0 Å². The number of aromatic nitrogens is 2. The highest BCUT2D eigenvalue weighted by Crippen LogP contribution is 2.44. The smallest absolute Gasteiger partial charge is 0.0823 e. The molecule has 3 heterocycles. The van der Waals surface area contributed by atoms with E-state index in [-0.39, 0.29) is 5.41 Å². The van der Waals surface area contributed by atoms with Crippen LogP contribution in [-0.4, -0.2) is 9.38 Å². The average Bonchev–Trinajstić information content (AvgIpc) is 3.54. The van der Waals surface area contributed by atoms with E-state index < -0.39 is 0 Å². The fourth-order valence-corrected chi connectivity index (χ4v) is 7.82. The van der Waals surface area contributed by atoms with E-state index in [0.29, 0.717) is 0 Å². The van der Waals surface area contributed by atoms with E-state index in [9.17, 15) is 0 Å². The van der Waals surface area contributed by atoms with Crippen molar-refractivity contribution in [3.8, 4) is 0 Å². The summed E-state index contributed by atoms with van der Waals surface area (Å²) in [6.07, 6.45) is 9.74. The van der Waals surface area contributed by atoms with Gasteiger partial charge in [-0.1, -0.05) is 95.0 Å². The summed E-state index contributed by atoms with van der Waals surface area (Å²) in [6.45, 7) is 9.29. The molecule has 0 N–H and O–H groups in total. The zero-order valence-corrected chi connectivity index (χ0v) is 23.6. The Morgan fingerprint density at radius 1 is 0.795 bits per heavy atom. The molecule has 0 bridgehead atoms. The number of nitrogens with zero attached hydrogens (tertiary/aromatic N) is 2. The first kappa shape index (κ1) is 23.3. The first-order valence-electron chi connectivity index (χ1n) is 14.8. The number of fused-ring (bicyclic) bond motifs is 7. The summed E-state index contributed by atoms with van der Waals surface area (Å²) in [5.41, 5.74) is 9.72. The fraction of sp³-hybridized carbons (Fsp3) is 0.324. The number of aryl methyl sites for hydroxylation is 1. The second kappa shape index (κ2) is 8.18. The normalized spacial score (nSPS) is 15.4. The molecule has 2 heteroatoms. The van der Waals surface area contributed by atoms with Gasteiger partial charge in [-0.25, -0.2) is 0 Å². The van der Waals surface area contributed by atoms with E-state index in [4.69, 9.17) is 4.98 Å². The molecule has 0 atom stereocenters. The van der Waals surface area contributed by atoms with Gasteiger partial charge in [0.2, 0.25) is 0 Å². The molecular formula is C37H36N2. The molecular weight excluding hydrogens is 472 g/mol. The van der Waals surface area contributed by atoms with E-state index in [1.807, 2.05) is 6.20 Å². The molecule has 3 aromatic heterocycles. The third kappa shape index (κ3) is 3.43. The van der Waals surface area contributed by atoms with Gasteiger partial charge in [-0.2, -0.15) is 0 Å². The maximum atomic E-state index is 5.05. The first-order chi connectivity index (χ1) is 18.9. The summed E-state index contributed by atoms with van der Waals surface area (Å²) >= 11 is 0. The molecule has 1 fully saturated rings. The van der Waals surface area contributed by atoms with Crippen LogP contribution in [0.3, 0.4) is 0 Å². The quantitative estimate of drug-likeness (QED) is 0.171. The summed E-state index contributed by atoms with van der Waals surface area (Å²) < 4.78 is 2.64. The number of pyridine rings is 2. The summed E-state index contributed by atoms with van der Waals surface area (Å²) in [4.78, 5) is 5.05. The highest BCUT2D eigenvalue weighted by Gasteiger charge is 2.24. The van der Waals surface area contributed by atoms with Gasteiger partial charge in [0.15, 0.2) is 0 Å². The van der Waals surface area contributed by atoms with Crippen LogP contribution in [0.1, 0.15) is 63.1 Å². The van der Waals surface area contributed by atoms with Gasteiger partial charge in [0.25, 0.3) is 0 Å². The minimum atomic E-state index is 0.258. The van der Waals surface area contributed by atoms with E-state index in [0.717, 1.165) is 17.9 Å². The second-order valence-corrected chi connectivity index (χ2v) is 13.4. The molecule has 1 aliphatic carbocycles. The van der Waals surface area contributed by atoms with Crippen molar-refractivity contribution < 1.29 is 0 Å². The maximum absolute atomic E-state index is 5.05. The lowest BCUT2D eigenvalue weighted by atomic mass is 9.87. The predicted molar refractivity (Wildman–Crippen MR) is 167 cm³/mol. The lowest BCUT2D eigenvalue weighted by Crippen LogP contribution is -2.09. The second-order valence-electron chi connectivity index (χ2n) is 13.4.